The normalized spacial score (nSPS) is 21.1. The van der Waals surface area contributed by atoms with Crippen molar-refractivity contribution in [2.45, 2.75) is 31.9 Å². The Kier molecular flexibility index (Phi) is 3.68. The average Bonchev–Trinajstić information content (AvgIpc) is 2.47. The van der Waals surface area contributed by atoms with Crippen LogP contribution >= 0.6 is 11.6 Å². The third-order valence-electron chi connectivity index (χ3n) is 3.89. The van der Waals surface area contributed by atoms with Crippen molar-refractivity contribution in [3.05, 3.63) is 64.2 Å². The molecule has 0 saturated carbocycles. The molecule has 0 fully saturated rings. The van der Waals surface area contributed by atoms with Gasteiger partial charge in [0.15, 0.2) is 0 Å². The molecule has 0 saturated heterocycles. The third kappa shape index (κ3) is 2.41. The summed E-state index contributed by atoms with van der Waals surface area (Å²) in [5.41, 5.74) is 9.86. The molecular formula is C17H18ClNO. The van der Waals surface area contributed by atoms with Crippen molar-refractivity contribution < 1.29 is 4.74 Å². The Morgan fingerprint density at radius 3 is 2.80 bits per heavy atom. The molecule has 0 bridgehead atoms. The fraction of sp³-hybridized carbons (Fsp3) is 0.294. The molecule has 0 spiro atoms. The molecular weight excluding hydrogens is 270 g/mol. The highest BCUT2D eigenvalue weighted by molar-refractivity contribution is 6.30. The maximum Gasteiger partial charge on any atom is 0.126 e. The van der Waals surface area contributed by atoms with Gasteiger partial charge in [0.2, 0.25) is 0 Å². The molecule has 2 N–H and O–H groups in total. The maximum atomic E-state index is 6.30. The topological polar surface area (TPSA) is 35.2 Å². The van der Waals surface area contributed by atoms with Crippen molar-refractivity contribution in [3.63, 3.8) is 0 Å². The number of nitrogens with two attached hydrogens (primary N) is 1. The van der Waals surface area contributed by atoms with Crippen LogP contribution in [0.5, 0.6) is 5.75 Å². The van der Waals surface area contributed by atoms with Gasteiger partial charge in [-0.1, -0.05) is 42.8 Å². The van der Waals surface area contributed by atoms with Crippen LogP contribution in [-0.4, -0.2) is 0 Å². The Labute approximate surface area is 124 Å². The van der Waals surface area contributed by atoms with E-state index in [2.05, 4.69) is 31.2 Å². The molecule has 0 radical (unpaired) electrons. The highest BCUT2D eigenvalue weighted by Crippen LogP contribution is 2.41. The molecule has 0 amide bonds. The smallest absolute Gasteiger partial charge is 0.126 e. The molecule has 20 heavy (non-hydrogen) atoms. The molecule has 2 nitrogen and oxygen atoms in total. The van der Waals surface area contributed by atoms with Gasteiger partial charge in [0.25, 0.3) is 0 Å². The predicted molar refractivity (Wildman–Crippen MR) is 82.2 cm³/mol. The molecule has 3 rings (SSSR count). The van der Waals surface area contributed by atoms with E-state index >= 15 is 0 Å². The van der Waals surface area contributed by atoms with Gasteiger partial charge in [-0.05, 0) is 35.7 Å². The van der Waals surface area contributed by atoms with Crippen LogP contribution in [0.15, 0.2) is 42.5 Å². The van der Waals surface area contributed by atoms with E-state index in [1.165, 1.54) is 11.1 Å². The highest BCUT2D eigenvalue weighted by Gasteiger charge is 2.28. The SMILES string of the molecule is CCc1ccccc1C1C[C@@H](N)c2cc(Cl)ccc2O1. The summed E-state index contributed by atoms with van der Waals surface area (Å²) in [5, 5.41) is 0.704. The minimum Gasteiger partial charge on any atom is -0.485 e. The van der Waals surface area contributed by atoms with Crippen LogP contribution in [0.3, 0.4) is 0 Å². The van der Waals surface area contributed by atoms with Gasteiger partial charge >= 0.3 is 0 Å². The maximum absolute atomic E-state index is 6.30. The summed E-state index contributed by atoms with van der Waals surface area (Å²) in [4.78, 5) is 0. The van der Waals surface area contributed by atoms with Gasteiger partial charge in [-0.25, -0.2) is 0 Å². The fourth-order valence-corrected chi connectivity index (χ4v) is 3.02. The predicted octanol–water partition coefficient (Wildman–Crippen LogP) is 4.43. The zero-order valence-corrected chi connectivity index (χ0v) is 12.2. The second-order valence-electron chi connectivity index (χ2n) is 5.18. The molecule has 0 aliphatic carbocycles. The van der Waals surface area contributed by atoms with Gasteiger partial charge in [0, 0.05) is 23.0 Å². The first-order valence-corrected chi connectivity index (χ1v) is 7.36. The zero-order chi connectivity index (χ0) is 14.1. The number of benzene rings is 2. The lowest BCUT2D eigenvalue weighted by molar-refractivity contribution is 0.160. The molecule has 3 heteroatoms. The first-order chi connectivity index (χ1) is 9.69. The molecule has 0 aromatic heterocycles. The largest absolute Gasteiger partial charge is 0.485 e. The highest BCUT2D eigenvalue weighted by atomic mass is 35.5. The lowest BCUT2D eigenvalue weighted by Gasteiger charge is -2.31. The Balaban J connectivity index is 1.97. The number of hydrogen-bond acceptors (Lipinski definition) is 2. The van der Waals surface area contributed by atoms with Crippen molar-refractivity contribution in [2.24, 2.45) is 5.73 Å². The minimum absolute atomic E-state index is 0.0230. The zero-order valence-electron chi connectivity index (χ0n) is 11.5. The minimum atomic E-state index is -0.0348. The fourth-order valence-electron chi connectivity index (χ4n) is 2.84. The van der Waals surface area contributed by atoms with Crippen molar-refractivity contribution in [2.75, 3.05) is 0 Å². The van der Waals surface area contributed by atoms with E-state index in [4.69, 9.17) is 22.1 Å². The number of halogens is 1. The van der Waals surface area contributed by atoms with E-state index in [9.17, 15) is 0 Å². The summed E-state index contributed by atoms with van der Waals surface area (Å²) < 4.78 is 6.15. The van der Waals surface area contributed by atoms with Crippen molar-refractivity contribution in [3.8, 4) is 5.75 Å². The van der Waals surface area contributed by atoms with E-state index in [0.717, 1.165) is 24.2 Å². The molecule has 1 aliphatic heterocycles. The number of rotatable bonds is 2. The van der Waals surface area contributed by atoms with Crippen LogP contribution in [0.1, 0.15) is 42.2 Å². The van der Waals surface area contributed by atoms with Gasteiger partial charge in [-0.2, -0.15) is 0 Å². The summed E-state index contributed by atoms with van der Waals surface area (Å²) in [7, 11) is 0. The average molecular weight is 288 g/mol. The van der Waals surface area contributed by atoms with Crippen LogP contribution in [0.2, 0.25) is 5.02 Å². The lowest BCUT2D eigenvalue weighted by atomic mass is 9.91. The van der Waals surface area contributed by atoms with Gasteiger partial charge < -0.3 is 10.5 Å². The summed E-state index contributed by atoms with van der Waals surface area (Å²) in [6, 6.07) is 14.0. The first kappa shape index (κ1) is 13.5. The van der Waals surface area contributed by atoms with E-state index in [1.807, 2.05) is 18.2 Å². The van der Waals surface area contributed by atoms with Crippen molar-refractivity contribution >= 4 is 11.6 Å². The van der Waals surface area contributed by atoms with E-state index in [0.29, 0.717) is 5.02 Å². The van der Waals surface area contributed by atoms with E-state index in [1.54, 1.807) is 0 Å². The number of aryl methyl sites for hydroxylation is 1. The van der Waals surface area contributed by atoms with Gasteiger partial charge in [-0.15, -0.1) is 0 Å². The second kappa shape index (κ2) is 5.47. The third-order valence-corrected chi connectivity index (χ3v) is 4.13. The number of fused-ring (bicyclic) bond motifs is 1. The van der Waals surface area contributed by atoms with Crippen molar-refractivity contribution in [1.29, 1.82) is 0 Å². The van der Waals surface area contributed by atoms with Crippen LogP contribution in [-0.2, 0) is 6.42 Å². The summed E-state index contributed by atoms with van der Waals surface area (Å²) in [6.07, 6.45) is 1.80. The first-order valence-electron chi connectivity index (χ1n) is 6.98. The van der Waals surface area contributed by atoms with Crippen LogP contribution in [0, 0.1) is 0 Å². The summed E-state index contributed by atoms with van der Waals surface area (Å²) in [6.45, 7) is 2.16. The van der Waals surface area contributed by atoms with E-state index < -0.39 is 0 Å². The van der Waals surface area contributed by atoms with Crippen LogP contribution < -0.4 is 10.5 Å². The molecule has 2 atom stereocenters. The monoisotopic (exact) mass is 287 g/mol. The van der Waals surface area contributed by atoms with E-state index in [-0.39, 0.29) is 12.1 Å². The molecule has 2 aromatic rings. The quantitative estimate of drug-likeness (QED) is 0.887. The molecule has 1 heterocycles. The summed E-state index contributed by atoms with van der Waals surface area (Å²) in [5.74, 6) is 0.851. The standard InChI is InChI=1S/C17H18ClNO/c1-2-11-5-3-4-6-13(11)17-10-15(19)14-9-12(18)7-8-16(14)20-17/h3-9,15,17H,2,10,19H2,1H3/t15-,17?/m1/s1. The Morgan fingerprint density at radius 1 is 1.20 bits per heavy atom. The molecule has 1 aliphatic rings. The number of hydrogen-bond donors (Lipinski definition) is 1. The second-order valence-corrected chi connectivity index (χ2v) is 5.62. The Bertz CT molecular complexity index is 626. The lowest BCUT2D eigenvalue weighted by Crippen LogP contribution is -2.24. The van der Waals surface area contributed by atoms with Crippen LogP contribution in [0.25, 0.3) is 0 Å². The molecule has 2 aromatic carbocycles. The summed E-state index contributed by atoms with van der Waals surface area (Å²) >= 11 is 6.03. The van der Waals surface area contributed by atoms with Crippen molar-refractivity contribution in [1.82, 2.24) is 0 Å². The Hall–Kier alpha value is -1.51. The molecule has 1 unspecified atom stereocenters. The van der Waals surface area contributed by atoms with Crippen LogP contribution in [0.4, 0.5) is 0 Å². The molecule has 104 valence electrons. The van der Waals surface area contributed by atoms with Gasteiger partial charge in [-0.3, -0.25) is 0 Å². The van der Waals surface area contributed by atoms with Gasteiger partial charge in [0.1, 0.15) is 11.9 Å². The van der Waals surface area contributed by atoms with Gasteiger partial charge in [0.05, 0.1) is 0 Å². The number of ether oxygens (including phenoxy) is 1. The Morgan fingerprint density at radius 2 is 2.00 bits per heavy atom.